The number of nitrogens with zero attached hydrogens (tertiary/aromatic N) is 3. The van der Waals surface area contributed by atoms with Gasteiger partial charge in [0.25, 0.3) is 0 Å². The van der Waals surface area contributed by atoms with Gasteiger partial charge in [-0.1, -0.05) is 0 Å². The van der Waals surface area contributed by atoms with Gasteiger partial charge in [0.15, 0.2) is 0 Å². The van der Waals surface area contributed by atoms with Gasteiger partial charge >= 0.3 is 0 Å². The standard InChI is InChI=1S/C9H12N6O2S2/c1-6-14-7(5-18-6)2-13-19(16,17)8-3-11-9(15-10)12-4-8/h3-5,13H,2,10H2,1H3,(H,11,12,15). The van der Waals surface area contributed by atoms with E-state index in [1.165, 1.54) is 23.7 Å². The summed E-state index contributed by atoms with van der Waals surface area (Å²) in [4.78, 5) is 11.6. The molecule has 4 N–H and O–H groups in total. The van der Waals surface area contributed by atoms with Crippen molar-refractivity contribution in [3.63, 3.8) is 0 Å². The van der Waals surface area contributed by atoms with Gasteiger partial charge in [0, 0.05) is 5.38 Å². The Bertz CT molecular complexity index is 652. The van der Waals surface area contributed by atoms with Crippen molar-refractivity contribution >= 4 is 27.3 Å². The number of hydrogen-bond donors (Lipinski definition) is 3. The fourth-order valence-electron chi connectivity index (χ4n) is 1.27. The van der Waals surface area contributed by atoms with Crippen molar-refractivity contribution < 1.29 is 8.42 Å². The summed E-state index contributed by atoms with van der Waals surface area (Å²) in [5, 5.41) is 2.69. The third-order valence-electron chi connectivity index (χ3n) is 2.18. The molecular formula is C9H12N6O2S2. The molecule has 0 saturated heterocycles. The number of nitrogen functional groups attached to an aromatic ring is 1. The number of nitrogens with two attached hydrogens (primary N) is 1. The van der Waals surface area contributed by atoms with Crippen molar-refractivity contribution in [2.24, 2.45) is 5.84 Å². The fourth-order valence-corrected chi connectivity index (χ4v) is 2.77. The SMILES string of the molecule is Cc1nc(CNS(=O)(=O)c2cnc(NN)nc2)cs1. The molecule has 102 valence electrons. The van der Waals surface area contributed by atoms with E-state index in [0.29, 0.717) is 5.69 Å². The van der Waals surface area contributed by atoms with Crippen LogP contribution >= 0.6 is 11.3 Å². The Hall–Kier alpha value is -1.62. The third kappa shape index (κ3) is 3.44. The third-order valence-corrected chi connectivity index (χ3v) is 4.36. The Kier molecular flexibility index (Phi) is 4.04. The van der Waals surface area contributed by atoms with Gasteiger partial charge in [-0.25, -0.2) is 33.9 Å². The molecule has 8 nitrogen and oxygen atoms in total. The number of nitrogens with one attached hydrogen (secondary N) is 2. The van der Waals surface area contributed by atoms with Crippen LogP contribution < -0.4 is 16.0 Å². The predicted octanol–water partition coefficient (Wildman–Crippen LogP) is 0.00562. The van der Waals surface area contributed by atoms with Gasteiger partial charge in [-0.15, -0.1) is 11.3 Å². The number of thiazole rings is 1. The highest BCUT2D eigenvalue weighted by Crippen LogP contribution is 2.10. The van der Waals surface area contributed by atoms with E-state index in [2.05, 4.69) is 25.1 Å². The molecule has 10 heteroatoms. The Balaban J connectivity index is 2.09. The van der Waals surface area contributed by atoms with Crippen LogP contribution in [0.2, 0.25) is 0 Å². The van der Waals surface area contributed by atoms with Crippen molar-refractivity contribution in [1.82, 2.24) is 19.7 Å². The largest absolute Gasteiger partial charge is 0.292 e. The van der Waals surface area contributed by atoms with E-state index in [1.54, 1.807) is 5.38 Å². The van der Waals surface area contributed by atoms with Crippen LogP contribution in [0.5, 0.6) is 0 Å². The first-order valence-corrected chi connectivity index (χ1v) is 7.57. The van der Waals surface area contributed by atoms with Crippen LogP contribution in [0.25, 0.3) is 0 Å². The maximum Gasteiger partial charge on any atom is 0.244 e. The number of hydrogen-bond acceptors (Lipinski definition) is 8. The normalized spacial score (nSPS) is 11.5. The molecule has 0 radical (unpaired) electrons. The molecule has 0 aromatic carbocycles. The zero-order valence-corrected chi connectivity index (χ0v) is 11.6. The zero-order chi connectivity index (χ0) is 13.9. The van der Waals surface area contributed by atoms with Crippen LogP contribution in [0.1, 0.15) is 10.7 Å². The van der Waals surface area contributed by atoms with E-state index in [0.717, 1.165) is 5.01 Å². The van der Waals surface area contributed by atoms with Gasteiger partial charge in [-0.3, -0.25) is 5.43 Å². The second-order valence-corrected chi connectivity index (χ2v) is 6.40. The summed E-state index contributed by atoms with van der Waals surface area (Å²) in [6, 6.07) is 0. The minimum Gasteiger partial charge on any atom is -0.292 e. The average Bonchev–Trinajstić information content (AvgIpc) is 2.82. The molecule has 2 aromatic heterocycles. The quantitative estimate of drug-likeness (QED) is 0.525. The summed E-state index contributed by atoms with van der Waals surface area (Å²) >= 11 is 1.46. The van der Waals surface area contributed by atoms with E-state index in [-0.39, 0.29) is 17.4 Å². The lowest BCUT2D eigenvalue weighted by Gasteiger charge is -2.05. The lowest BCUT2D eigenvalue weighted by Crippen LogP contribution is -2.24. The Morgan fingerprint density at radius 3 is 2.58 bits per heavy atom. The second kappa shape index (κ2) is 5.57. The molecule has 0 aliphatic rings. The molecule has 0 aliphatic carbocycles. The molecule has 0 bridgehead atoms. The number of aryl methyl sites for hydroxylation is 1. The van der Waals surface area contributed by atoms with Gasteiger partial charge in [0.05, 0.1) is 29.6 Å². The first kappa shape index (κ1) is 13.8. The number of aromatic nitrogens is 3. The lowest BCUT2D eigenvalue weighted by molar-refractivity contribution is 0.579. The van der Waals surface area contributed by atoms with Gasteiger partial charge in [0.2, 0.25) is 16.0 Å². The first-order valence-electron chi connectivity index (χ1n) is 5.20. The van der Waals surface area contributed by atoms with Gasteiger partial charge in [0.1, 0.15) is 4.90 Å². The molecule has 2 rings (SSSR count). The summed E-state index contributed by atoms with van der Waals surface area (Å²) in [6.07, 6.45) is 2.35. The molecular weight excluding hydrogens is 288 g/mol. The maximum atomic E-state index is 11.9. The molecule has 0 atom stereocenters. The minimum absolute atomic E-state index is 0.0292. The Labute approximate surface area is 114 Å². The van der Waals surface area contributed by atoms with Crippen LogP contribution in [-0.4, -0.2) is 23.4 Å². The van der Waals surface area contributed by atoms with Crippen molar-refractivity contribution in [1.29, 1.82) is 0 Å². The number of sulfonamides is 1. The molecule has 2 aromatic rings. The number of hydrazine groups is 1. The average molecular weight is 300 g/mol. The highest BCUT2D eigenvalue weighted by atomic mass is 32.2. The Morgan fingerprint density at radius 2 is 2.05 bits per heavy atom. The topological polar surface area (TPSA) is 123 Å². The summed E-state index contributed by atoms with van der Waals surface area (Å²) in [7, 11) is -3.65. The fraction of sp³-hybridized carbons (Fsp3) is 0.222. The van der Waals surface area contributed by atoms with E-state index in [1.807, 2.05) is 6.92 Å². The highest BCUT2D eigenvalue weighted by Gasteiger charge is 2.15. The van der Waals surface area contributed by atoms with E-state index in [9.17, 15) is 8.42 Å². The van der Waals surface area contributed by atoms with Crippen molar-refractivity contribution in [3.05, 3.63) is 28.5 Å². The summed E-state index contributed by atoms with van der Waals surface area (Å²) < 4.78 is 26.3. The summed E-state index contributed by atoms with van der Waals surface area (Å²) in [5.74, 6) is 5.25. The molecule has 0 spiro atoms. The van der Waals surface area contributed by atoms with E-state index >= 15 is 0 Å². The minimum atomic E-state index is -3.65. The molecule has 0 fully saturated rings. The smallest absolute Gasteiger partial charge is 0.244 e. The zero-order valence-electron chi connectivity index (χ0n) is 9.99. The highest BCUT2D eigenvalue weighted by molar-refractivity contribution is 7.89. The molecule has 0 unspecified atom stereocenters. The van der Waals surface area contributed by atoms with Crippen LogP contribution in [0, 0.1) is 6.92 Å². The van der Waals surface area contributed by atoms with Crippen LogP contribution in [0.4, 0.5) is 5.95 Å². The maximum absolute atomic E-state index is 11.9. The van der Waals surface area contributed by atoms with Crippen molar-refractivity contribution in [2.75, 3.05) is 5.43 Å². The van der Waals surface area contributed by atoms with E-state index < -0.39 is 10.0 Å². The molecule has 0 aliphatic heterocycles. The summed E-state index contributed by atoms with van der Waals surface area (Å²) in [6.45, 7) is 1.98. The van der Waals surface area contributed by atoms with Crippen LogP contribution in [0.15, 0.2) is 22.7 Å². The van der Waals surface area contributed by atoms with E-state index in [4.69, 9.17) is 5.84 Å². The molecule has 2 heterocycles. The molecule has 0 saturated carbocycles. The lowest BCUT2D eigenvalue weighted by atomic mass is 10.5. The van der Waals surface area contributed by atoms with Crippen molar-refractivity contribution in [3.8, 4) is 0 Å². The van der Waals surface area contributed by atoms with Gasteiger partial charge in [-0.05, 0) is 6.92 Å². The molecule has 0 amide bonds. The number of anilines is 1. The first-order chi connectivity index (χ1) is 9.01. The van der Waals surface area contributed by atoms with Crippen LogP contribution in [0.3, 0.4) is 0 Å². The summed E-state index contributed by atoms with van der Waals surface area (Å²) in [5.41, 5.74) is 2.89. The monoisotopic (exact) mass is 300 g/mol. The molecule has 19 heavy (non-hydrogen) atoms. The number of rotatable bonds is 5. The van der Waals surface area contributed by atoms with Crippen LogP contribution in [-0.2, 0) is 16.6 Å². The van der Waals surface area contributed by atoms with Gasteiger partial charge in [-0.2, -0.15) is 0 Å². The van der Waals surface area contributed by atoms with Gasteiger partial charge < -0.3 is 0 Å². The predicted molar refractivity (Wildman–Crippen MR) is 70.7 cm³/mol. The second-order valence-electron chi connectivity index (χ2n) is 3.57. The Morgan fingerprint density at radius 1 is 1.37 bits per heavy atom. The van der Waals surface area contributed by atoms with Crippen molar-refractivity contribution in [2.45, 2.75) is 18.4 Å².